The lowest BCUT2D eigenvalue weighted by atomic mass is 9.93. The van der Waals surface area contributed by atoms with Crippen LogP contribution in [0.25, 0.3) is 0 Å². The SMILES string of the molecule is C=CCc1cc([C@@H](C(=O)C[C@@H](C)C(=O)O)N(C)C(=O)OC(C)(C)C)ccc1OC. The minimum Gasteiger partial charge on any atom is -0.496 e. The highest BCUT2D eigenvalue weighted by atomic mass is 16.6. The molecule has 1 aromatic rings. The smallest absolute Gasteiger partial charge is 0.410 e. The maximum Gasteiger partial charge on any atom is 0.410 e. The van der Waals surface area contributed by atoms with Crippen molar-refractivity contribution in [2.24, 2.45) is 5.92 Å². The Hall–Kier alpha value is -2.83. The Morgan fingerprint density at radius 2 is 1.90 bits per heavy atom. The first-order valence-electron chi connectivity index (χ1n) is 9.40. The molecule has 0 saturated heterocycles. The Balaban J connectivity index is 3.37. The number of hydrogen-bond donors (Lipinski definition) is 1. The van der Waals surface area contributed by atoms with Crippen molar-refractivity contribution in [3.63, 3.8) is 0 Å². The average Bonchev–Trinajstić information content (AvgIpc) is 2.60. The molecule has 0 saturated carbocycles. The second-order valence-corrected chi connectivity index (χ2v) is 7.97. The van der Waals surface area contributed by atoms with Gasteiger partial charge in [-0.25, -0.2) is 4.79 Å². The first-order valence-corrected chi connectivity index (χ1v) is 9.40. The highest BCUT2D eigenvalue weighted by molar-refractivity contribution is 5.91. The van der Waals surface area contributed by atoms with Crippen LogP contribution >= 0.6 is 0 Å². The fourth-order valence-corrected chi connectivity index (χ4v) is 2.85. The molecule has 0 radical (unpaired) electrons. The quantitative estimate of drug-likeness (QED) is 0.624. The number of aliphatic carboxylic acids is 1. The van der Waals surface area contributed by atoms with Crippen molar-refractivity contribution < 1.29 is 29.0 Å². The Morgan fingerprint density at radius 3 is 2.38 bits per heavy atom. The maximum atomic E-state index is 13.0. The summed E-state index contributed by atoms with van der Waals surface area (Å²) in [6, 6.07) is 4.20. The molecule has 1 N–H and O–H groups in total. The molecule has 160 valence electrons. The summed E-state index contributed by atoms with van der Waals surface area (Å²) in [5, 5.41) is 9.18. The van der Waals surface area contributed by atoms with Gasteiger partial charge in [0, 0.05) is 13.5 Å². The van der Waals surface area contributed by atoms with Gasteiger partial charge in [-0.1, -0.05) is 19.1 Å². The van der Waals surface area contributed by atoms with Crippen molar-refractivity contribution in [2.75, 3.05) is 14.2 Å². The number of carboxylic acids is 1. The third-order valence-electron chi connectivity index (χ3n) is 4.29. The molecular formula is C22H31NO6. The van der Waals surface area contributed by atoms with Gasteiger partial charge in [0.05, 0.1) is 13.0 Å². The highest BCUT2D eigenvalue weighted by Gasteiger charge is 2.33. The van der Waals surface area contributed by atoms with Crippen LogP contribution in [-0.4, -0.2) is 47.6 Å². The fraction of sp³-hybridized carbons (Fsp3) is 0.500. The second kappa shape index (κ2) is 10.1. The van der Waals surface area contributed by atoms with Gasteiger partial charge in [-0.05, 0) is 50.5 Å². The number of ketones is 1. The molecule has 0 aliphatic heterocycles. The average molecular weight is 405 g/mol. The molecule has 1 rings (SSSR count). The van der Waals surface area contributed by atoms with Gasteiger partial charge in [0.1, 0.15) is 17.4 Å². The van der Waals surface area contributed by atoms with E-state index >= 15 is 0 Å². The third-order valence-corrected chi connectivity index (χ3v) is 4.29. The zero-order valence-corrected chi connectivity index (χ0v) is 18.0. The lowest BCUT2D eigenvalue weighted by molar-refractivity contribution is -0.143. The van der Waals surface area contributed by atoms with Crippen molar-refractivity contribution in [1.82, 2.24) is 4.90 Å². The summed E-state index contributed by atoms with van der Waals surface area (Å²) < 4.78 is 10.8. The Kier molecular flexibility index (Phi) is 8.42. The van der Waals surface area contributed by atoms with E-state index in [1.54, 1.807) is 52.2 Å². The van der Waals surface area contributed by atoms with Crippen LogP contribution in [0.5, 0.6) is 5.75 Å². The van der Waals surface area contributed by atoms with Crippen LogP contribution in [0.15, 0.2) is 30.9 Å². The van der Waals surface area contributed by atoms with Crippen molar-refractivity contribution >= 4 is 17.8 Å². The van der Waals surface area contributed by atoms with Crippen LogP contribution in [0.4, 0.5) is 4.79 Å². The summed E-state index contributed by atoms with van der Waals surface area (Å²) in [6.07, 6.45) is 1.35. The van der Waals surface area contributed by atoms with Gasteiger partial charge in [-0.15, -0.1) is 6.58 Å². The molecule has 0 fully saturated rings. The number of methoxy groups -OCH3 is 1. The van der Waals surface area contributed by atoms with E-state index in [0.29, 0.717) is 17.7 Å². The Morgan fingerprint density at radius 1 is 1.28 bits per heavy atom. The Bertz CT molecular complexity index is 765. The second-order valence-electron chi connectivity index (χ2n) is 7.97. The molecule has 29 heavy (non-hydrogen) atoms. The van der Waals surface area contributed by atoms with Crippen molar-refractivity contribution in [3.05, 3.63) is 42.0 Å². The summed E-state index contributed by atoms with van der Waals surface area (Å²) >= 11 is 0. The summed E-state index contributed by atoms with van der Waals surface area (Å²) in [4.78, 5) is 38.1. The summed E-state index contributed by atoms with van der Waals surface area (Å²) in [7, 11) is 3.02. The number of hydrogen-bond acceptors (Lipinski definition) is 5. The van der Waals surface area contributed by atoms with E-state index in [1.807, 2.05) is 0 Å². The number of benzene rings is 1. The lowest BCUT2D eigenvalue weighted by Crippen LogP contribution is -2.40. The zero-order chi connectivity index (χ0) is 22.4. The monoisotopic (exact) mass is 405 g/mol. The number of ether oxygens (including phenoxy) is 2. The molecule has 1 amide bonds. The van der Waals surface area contributed by atoms with Crippen LogP contribution in [0.3, 0.4) is 0 Å². The topological polar surface area (TPSA) is 93.1 Å². The predicted octanol–water partition coefficient (Wildman–Crippen LogP) is 4.01. The number of carbonyl (C=O) groups excluding carboxylic acids is 2. The number of carbonyl (C=O) groups is 3. The van der Waals surface area contributed by atoms with Crippen LogP contribution in [0.1, 0.15) is 51.3 Å². The maximum absolute atomic E-state index is 13.0. The number of likely N-dealkylation sites (N-methyl/N-ethyl adjacent to an activating group) is 1. The number of Topliss-reactive ketones (excluding diaryl/α,β-unsaturated/α-hetero) is 1. The molecule has 7 nitrogen and oxygen atoms in total. The molecule has 0 spiro atoms. The van der Waals surface area contributed by atoms with Gasteiger partial charge in [0.2, 0.25) is 0 Å². The standard InChI is InChI=1S/C22H31NO6/c1-8-9-15-13-16(10-11-18(15)28-7)19(17(24)12-14(2)20(25)26)23(6)21(27)29-22(3,4)5/h8,10-11,13-14,19H,1,9,12H2,2-7H3,(H,25,26)/t14-,19+/m1/s1. The van der Waals surface area contributed by atoms with E-state index in [0.717, 1.165) is 5.56 Å². The molecule has 0 aromatic heterocycles. The molecule has 0 unspecified atom stereocenters. The lowest BCUT2D eigenvalue weighted by Gasteiger charge is -2.31. The number of amides is 1. The number of nitrogens with zero attached hydrogens (tertiary/aromatic N) is 1. The van der Waals surface area contributed by atoms with Gasteiger partial charge < -0.3 is 14.6 Å². The zero-order valence-electron chi connectivity index (χ0n) is 18.0. The van der Waals surface area contributed by atoms with Crippen LogP contribution in [-0.2, 0) is 20.7 Å². The number of carboxylic acid groups (broad SMARTS) is 1. The number of allylic oxidation sites excluding steroid dienone is 1. The van der Waals surface area contributed by atoms with E-state index in [-0.39, 0.29) is 12.2 Å². The molecule has 0 aliphatic rings. The number of rotatable bonds is 9. The summed E-state index contributed by atoms with van der Waals surface area (Å²) in [6.45, 7) is 10.4. The molecule has 7 heteroatoms. The molecule has 2 atom stereocenters. The summed E-state index contributed by atoms with van der Waals surface area (Å²) in [5.41, 5.74) is 0.626. The fourth-order valence-electron chi connectivity index (χ4n) is 2.85. The minimum absolute atomic E-state index is 0.212. The predicted molar refractivity (Wildman–Crippen MR) is 110 cm³/mol. The molecule has 0 heterocycles. The van der Waals surface area contributed by atoms with Gasteiger partial charge >= 0.3 is 12.1 Å². The Labute approximate surface area is 172 Å². The van der Waals surface area contributed by atoms with E-state index in [2.05, 4.69) is 6.58 Å². The van der Waals surface area contributed by atoms with Crippen LogP contribution in [0, 0.1) is 5.92 Å². The van der Waals surface area contributed by atoms with Crippen molar-refractivity contribution in [1.29, 1.82) is 0 Å². The van der Waals surface area contributed by atoms with E-state index in [1.165, 1.54) is 18.9 Å². The largest absolute Gasteiger partial charge is 0.496 e. The molecular weight excluding hydrogens is 374 g/mol. The van der Waals surface area contributed by atoms with Gasteiger partial charge in [0.25, 0.3) is 0 Å². The first kappa shape index (κ1) is 24.2. The van der Waals surface area contributed by atoms with E-state index in [9.17, 15) is 19.5 Å². The normalized spacial score (nSPS) is 13.2. The van der Waals surface area contributed by atoms with Crippen LogP contribution < -0.4 is 4.74 Å². The van der Waals surface area contributed by atoms with Gasteiger partial charge in [0.15, 0.2) is 5.78 Å². The molecule has 0 aliphatic carbocycles. The van der Waals surface area contributed by atoms with E-state index in [4.69, 9.17) is 9.47 Å². The van der Waals surface area contributed by atoms with Crippen LogP contribution in [0.2, 0.25) is 0 Å². The van der Waals surface area contributed by atoms with Gasteiger partial charge in [-0.3, -0.25) is 14.5 Å². The third kappa shape index (κ3) is 6.93. The highest BCUT2D eigenvalue weighted by Crippen LogP contribution is 2.30. The molecule has 0 bridgehead atoms. The first-order chi connectivity index (χ1) is 13.4. The van der Waals surface area contributed by atoms with E-state index < -0.39 is 29.6 Å². The molecule has 1 aromatic carbocycles. The minimum atomic E-state index is -1.07. The van der Waals surface area contributed by atoms with Crippen molar-refractivity contribution in [2.45, 2.75) is 52.2 Å². The van der Waals surface area contributed by atoms with Gasteiger partial charge in [-0.2, -0.15) is 0 Å². The summed E-state index contributed by atoms with van der Waals surface area (Å²) in [5.74, 6) is -1.69. The van der Waals surface area contributed by atoms with Crippen molar-refractivity contribution in [3.8, 4) is 5.75 Å².